The molecule has 10 nitrogen and oxygen atoms in total. The van der Waals surface area contributed by atoms with E-state index >= 15 is 0 Å². The molecule has 2 aliphatic rings. The molecule has 10 heteroatoms. The van der Waals surface area contributed by atoms with Crippen LogP contribution in [-0.2, 0) is 19.1 Å². The average Bonchev–Trinajstić information content (AvgIpc) is 3.56. The first-order valence-electron chi connectivity index (χ1n) is 12.2. The summed E-state index contributed by atoms with van der Waals surface area (Å²) in [7, 11) is 1.47. The first-order chi connectivity index (χ1) is 18.2. The van der Waals surface area contributed by atoms with Gasteiger partial charge < -0.3 is 29.3 Å². The topological polar surface area (TPSA) is 143 Å². The normalized spacial score (nSPS) is 16.9. The smallest absolute Gasteiger partial charge is 0.379 e. The van der Waals surface area contributed by atoms with Gasteiger partial charge in [-0.3, -0.25) is 9.59 Å². The Morgan fingerprint density at radius 2 is 1.92 bits per heavy atom. The highest BCUT2D eigenvalue weighted by atomic mass is 16.5. The van der Waals surface area contributed by atoms with E-state index in [0.29, 0.717) is 45.8 Å². The fourth-order valence-corrected chi connectivity index (χ4v) is 5.09. The molecule has 1 aliphatic heterocycles. The van der Waals surface area contributed by atoms with Crippen molar-refractivity contribution in [2.24, 2.45) is 4.99 Å². The SMILES string of the molecule is CCOC(=O)C(=O)c1c[nH]c2ccc(C3=C4C(c5[nH]c(C)c(OCC)c5C)=C(O)C(=O)C(=N3)C4OC)cc12. The van der Waals surface area contributed by atoms with Gasteiger partial charge in [-0.1, -0.05) is 6.07 Å². The molecule has 1 aromatic carbocycles. The van der Waals surface area contributed by atoms with Gasteiger partial charge in [-0.05, 0) is 39.8 Å². The molecule has 0 saturated carbocycles. The fraction of sp³-hybridized carbons (Fsp3) is 0.286. The van der Waals surface area contributed by atoms with Crippen LogP contribution in [0.4, 0.5) is 0 Å². The van der Waals surface area contributed by atoms with Gasteiger partial charge in [0.1, 0.15) is 17.6 Å². The highest BCUT2D eigenvalue weighted by Crippen LogP contribution is 2.46. The Morgan fingerprint density at radius 3 is 2.61 bits per heavy atom. The number of aliphatic hydroxyl groups excluding tert-OH is 1. The molecule has 0 spiro atoms. The van der Waals surface area contributed by atoms with Gasteiger partial charge in [-0.2, -0.15) is 0 Å². The first kappa shape index (κ1) is 25.2. The predicted octanol–water partition coefficient (Wildman–Crippen LogP) is 3.99. The van der Waals surface area contributed by atoms with Gasteiger partial charge in [0.25, 0.3) is 5.78 Å². The van der Waals surface area contributed by atoms with E-state index in [9.17, 15) is 19.5 Å². The Labute approximate surface area is 218 Å². The second kappa shape index (κ2) is 9.46. The summed E-state index contributed by atoms with van der Waals surface area (Å²) in [6.45, 7) is 7.74. The maximum atomic E-state index is 13.2. The van der Waals surface area contributed by atoms with Crippen LogP contribution in [0.5, 0.6) is 5.75 Å². The lowest BCUT2D eigenvalue weighted by Gasteiger charge is -2.24. The number of aromatic amines is 2. The molecule has 2 aromatic heterocycles. The zero-order chi connectivity index (χ0) is 27.3. The molecule has 0 saturated heterocycles. The highest BCUT2D eigenvalue weighted by Gasteiger charge is 2.45. The van der Waals surface area contributed by atoms with E-state index in [2.05, 4.69) is 15.0 Å². The number of Topliss-reactive ketones (excluding diaryl/α,β-unsaturated/α-hetero) is 2. The van der Waals surface area contributed by atoms with E-state index in [4.69, 9.17) is 14.2 Å². The third kappa shape index (κ3) is 3.67. The molecule has 3 N–H and O–H groups in total. The number of aliphatic imine (C=N–C) groups is 1. The van der Waals surface area contributed by atoms with Crippen molar-refractivity contribution in [3.63, 3.8) is 0 Å². The van der Waals surface area contributed by atoms with Crippen LogP contribution < -0.4 is 4.74 Å². The van der Waals surface area contributed by atoms with Crippen molar-refractivity contribution < 1.29 is 33.7 Å². The summed E-state index contributed by atoms with van der Waals surface area (Å²) < 4.78 is 16.4. The number of ketones is 2. The number of nitrogens with zero attached hydrogens (tertiary/aromatic N) is 1. The lowest BCUT2D eigenvalue weighted by molar-refractivity contribution is -0.137. The molecule has 1 unspecified atom stereocenters. The van der Waals surface area contributed by atoms with Gasteiger partial charge in [0, 0.05) is 40.9 Å². The molecule has 3 heterocycles. The number of ether oxygens (including phenoxy) is 3. The number of aromatic nitrogens is 2. The minimum absolute atomic E-state index is 0.0710. The van der Waals surface area contributed by atoms with E-state index < -0.39 is 29.4 Å². The lowest BCUT2D eigenvalue weighted by Crippen LogP contribution is -2.35. The third-order valence-corrected chi connectivity index (χ3v) is 6.76. The number of esters is 1. The number of nitrogens with one attached hydrogen (secondary N) is 2. The maximum Gasteiger partial charge on any atom is 0.379 e. The summed E-state index contributed by atoms with van der Waals surface area (Å²) in [6.07, 6.45) is 0.660. The van der Waals surface area contributed by atoms with Crippen molar-refractivity contribution in [2.75, 3.05) is 20.3 Å². The molecular weight excluding hydrogens is 490 g/mol. The van der Waals surface area contributed by atoms with Crippen molar-refractivity contribution in [1.82, 2.24) is 9.97 Å². The fourth-order valence-electron chi connectivity index (χ4n) is 5.09. The molecular formula is C28H27N3O7. The van der Waals surface area contributed by atoms with E-state index in [1.165, 1.54) is 13.3 Å². The van der Waals surface area contributed by atoms with Crippen LogP contribution in [0.15, 0.2) is 40.7 Å². The van der Waals surface area contributed by atoms with Crippen LogP contribution in [0, 0.1) is 13.8 Å². The molecule has 196 valence electrons. The van der Waals surface area contributed by atoms with Crippen molar-refractivity contribution in [1.29, 1.82) is 0 Å². The summed E-state index contributed by atoms with van der Waals surface area (Å²) in [6, 6.07) is 5.26. The van der Waals surface area contributed by atoms with E-state index in [-0.39, 0.29) is 23.5 Å². The van der Waals surface area contributed by atoms with Crippen LogP contribution in [0.3, 0.4) is 0 Å². The number of methoxy groups -OCH3 is 1. The number of carbonyl (C=O) groups excluding carboxylic acids is 3. The van der Waals surface area contributed by atoms with Crippen molar-refractivity contribution >= 4 is 45.4 Å². The number of rotatable bonds is 8. The second-order valence-electron chi connectivity index (χ2n) is 8.95. The highest BCUT2D eigenvalue weighted by molar-refractivity contribution is 6.53. The molecule has 3 aromatic rings. The molecule has 1 aliphatic carbocycles. The summed E-state index contributed by atoms with van der Waals surface area (Å²) in [4.78, 5) is 48.9. The van der Waals surface area contributed by atoms with Crippen molar-refractivity contribution in [3.8, 4) is 5.75 Å². The predicted molar refractivity (Wildman–Crippen MR) is 140 cm³/mol. The number of H-pyrrole nitrogens is 2. The minimum Gasteiger partial charge on any atom is -0.504 e. The summed E-state index contributed by atoms with van der Waals surface area (Å²) in [5.41, 5.74) is 4.68. The van der Waals surface area contributed by atoms with Gasteiger partial charge in [-0.25, -0.2) is 9.79 Å². The molecule has 1 atom stereocenters. The third-order valence-electron chi connectivity index (χ3n) is 6.76. The van der Waals surface area contributed by atoms with Gasteiger partial charge >= 0.3 is 5.97 Å². The zero-order valence-corrected chi connectivity index (χ0v) is 21.6. The molecule has 0 radical (unpaired) electrons. The molecule has 38 heavy (non-hydrogen) atoms. The van der Waals surface area contributed by atoms with Gasteiger partial charge in [0.2, 0.25) is 5.78 Å². The number of hydrogen-bond donors (Lipinski definition) is 3. The maximum absolute atomic E-state index is 13.2. The van der Waals surface area contributed by atoms with Crippen LogP contribution >= 0.6 is 0 Å². The number of aryl methyl sites for hydroxylation is 1. The van der Waals surface area contributed by atoms with Gasteiger partial charge in [-0.15, -0.1) is 0 Å². The Bertz CT molecular complexity index is 1620. The first-order valence-corrected chi connectivity index (χ1v) is 12.2. The van der Waals surface area contributed by atoms with E-state index in [0.717, 1.165) is 11.3 Å². The Balaban J connectivity index is 1.72. The number of benzene rings is 1. The van der Waals surface area contributed by atoms with Crippen LogP contribution in [-0.4, -0.2) is 64.7 Å². The van der Waals surface area contributed by atoms with Crippen molar-refractivity contribution in [3.05, 3.63) is 63.8 Å². The molecule has 5 rings (SSSR count). The number of hydrogen-bond acceptors (Lipinski definition) is 8. The second-order valence-corrected chi connectivity index (χ2v) is 8.95. The standard InChI is InChI=1S/C28H27N3O7/c1-6-37-26-12(3)20(30-13(26)4)18-19-21(31-22(27(19)36-5)25(34)24(18)33)14-8-9-17-15(10-14)16(11-29-17)23(32)28(35)38-7-2/h8-11,27,29-30H,6-7H2,1-5H3,(H,33,34). The molecule has 2 bridgehead atoms. The van der Waals surface area contributed by atoms with Gasteiger partial charge in [0.15, 0.2) is 5.76 Å². The minimum atomic E-state index is -0.944. The molecule has 0 amide bonds. The number of allylic oxidation sites excluding steroid dienone is 1. The molecule has 0 fully saturated rings. The zero-order valence-electron chi connectivity index (χ0n) is 21.6. The largest absolute Gasteiger partial charge is 0.504 e. The van der Waals surface area contributed by atoms with Crippen LogP contribution in [0.1, 0.15) is 46.7 Å². The van der Waals surface area contributed by atoms with Gasteiger partial charge in [0.05, 0.1) is 41.4 Å². The van der Waals surface area contributed by atoms with E-state index in [1.54, 1.807) is 25.1 Å². The Kier molecular flexibility index (Phi) is 6.28. The Hall–Kier alpha value is -4.44. The monoisotopic (exact) mass is 517 g/mol. The quantitative estimate of drug-likeness (QED) is 0.233. The average molecular weight is 518 g/mol. The lowest BCUT2D eigenvalue weighted by atomic mass is 9.84. The van der Waals surface area contributed by atoms with Crippen LogP contribution in [0.2, 0.25) is 0 Å². The summed E-state index contributed by atoms with van der Waals surface area (Å²) >= 11 is 0. The summed E-state index contributed by atoms with van der Waals surface area (Å²) in [5, 5.41) is 11.6. The Morgan fingerprint density at radius 1 is 1.16 bits per heavy atom. The summed E-state index contributed by atoms with van der Waals surface area (Å²) in [5.74, 6) is -2.13. The van der Waals surface area contributed by atoms with E-state index in [1.807, 2.05) is 20.8 Å². The van der Waals surface area contributed by atoms with Crippen molar-refractivity contribution in [2.45, 2.75) is 33.8 Å². The number of fused-ring (bicyclic) bond motifs is 3. The number of carbonyl (C=O) groups is 3. The number of aliphatic hydroxyl groups is 1. The van der Waals surface area contributed by atoms with Crippen LogP contribution in [0.25, 0.3) is 22.2 Å².